The summed E-state index contributed by atoms with van der Waals surface area (Å²) in [7, 11) is 0. The normalized spacial score (nSPS) is 13.5. The molecule has 4 heteroatoms. The van der Waals surface area contributed by atoms with Gasteiger partial charge in [-0.05, 0) is 26.7 Å². The largest absolute Gasteiger partial charge is 0.350 e. The quantitative estimate of drug-likeness (QED) is 0.738. The summed E-state index contributed by atoms with van der Waals surface area (Å²) in [6, 6.07) is -0.457. The fourth-order valence-corrected chi connectivity index (χ4v) is 1.20. The Morgan fingerprint density at radius 3 is 1.87 bits per heavy atom. The molecule has 2 amide bonds. The molecule has 0 heterocycles. The van der Waals surface area contributed by atoms with E-state index in [9.17, 15) is 9.59 Å². The van der Waals surface area contributed by atoms with Gasteiger partial charge in [-0.1, -0.05) is 13.8 Å². The van der Waals surface area contributed by atoms with Gasteiger partial charge in [0, 0.05) is 12.5 Å². The zero-order valence-electron chi connectivity index (χ0n) is 10.5. The number of hydrogen-bond acceptors (Lipinski definition) is 2. The van der Waals surface area contributed by atoms with Gasteiger partial charge < -0.3 is 10.6 Å². The van der Waals surface area contributed by atoms with Crippen LogP contribution in [0, 0.1) is 5.92 Å². The molecule has 15 heavy (non-hydrogen) atoms. The Balaban J connectivity index is 4.50. The molecule has 88 valence electrons. The van der Waals surface area contributed by atoms with Crippen LogP contribution in [0.15, 0.2) is 0 Å². The van der Waals surface area contributed by atoms with Crippen LogP contribution in [-0.2, 0) is 9.59 Å². The van der Waals surface area contributed by atoms with Gasteiger partial charge in [0.05, 0.1) is 0 Å². The molecule has 0 aliphatic heterocycles. The van der Waals surface area contributed by atoms with Crippen molar-refractivity contribution in [3.05, 3.63) is 0 Å². The first kappa shape index (κ1) is 13.9. The second-order valence-corrected chi connectivity index (χ2v) is 5.16. The van der Waals surface area contributed by atoms with E-state index in [1.54, 1.807) is 0 Å². The molecule has 0 aliphatic rings. The van der Waals surface area contributed by atoms with Gasteiger partial charge in [-0.2, -0.15) is 0 Å². The Kier molecular flexibility index (Phi) is 4.78. The van der Waals surface area contributed by atoms with Crippen molar-refractivity contribution in [2.75, 3.05) is 0 Å². The van der Waals surface area contributed by atoms with Gasteiger partial charge in [0.1, 0.15) is 6.04 Å². The van der Waals surface area contributed by atoms with Crippen molar-refractivity contribution in [1.82, 2.24) is 10.6 Å². The van der Waals surface area contributed by atoms with Gasteiger partial charge >= 0.3 is 0 Å². The first-order valence-electron chi connectivity index (χ1n) is 5.22. The molecule has 0 aromatic carbocycles. The maximum Gasteiger partial charge on any atom is 0.243 e. The minimum absolute atomic E-state index is 0.0799. The van der Waals surface area contributed by atoms with E-state index in [4.69, 9.17) is 0 Å². The molecule has 0 radical (unpaired) electrons. The van der Waals surface area contributed by atoms with Crippen molar-refractivity contribution in [2.45, 2.75) is 53.1 Å². The summed E-state index contributed by atoms with van der Waals surface area (Å²) < 4.78 is 0. The van der Waals surface area contributed by atoms with Crippen molar-refractivity contribution in [3.8, 4) is 0 Å². The predicted molar refractivity (Wildman–Crippen MR) is 60.3 cm³/mol. The lowest BCUT2D eigenvalue weighted by Crippen LogP contribution is -2.53. The van der Waals surface area contributed by atoms with Crippen molar-refractivity contribution in [2.24, 2.45) is 5.92 Å². The summed E-state index contributed by atoms with van der Waals surface area (Å²) in [5.74, 6) is -0.235. The van der Waals surface area contributed by atoms with Crippen LogP contribution in [0.1, 0.15) is 41.5 Å². The highest BCUT2D eigenvalue weighted by Gasteiger charge is 2.25. The Hall–Kier alpha value is -1.06. The minimum atomic E-state index is -0.457. The van der Waals surface area contributed by atoms with E-state index in [1.165, 1.54) is 6.92 Å². The van der Waals surface area contributed by atoms with Crippen molar-refractivity contribution >= 4 is 11.8 Å². The third kappa shape index (κ3) is 6.10. The first-order chi connectivity index (χ1) is 6.63. The fourth-order valence-electron chi connectivity index (χ4n) is 1.20. The highest BCUT2D eigenvalue weighted by atomic mass is 16.2. The van der Waals surface area contributed by atoms with E-state index in [0.717, 1.165) is 0 Å². The number of rotatable bonds is 3. The van der Waals surface area contributed by atoms with Crippen molar-refractivity contribution in [3.63, 3.8) is 0 Å². The van der Waals surface area contributed by atoms with Crippen LogP contribution in [0.5, 0.6) is 0 Å². The zero-order valence-corrected chi connectivity index (χ0v) is 10.5. The third-order valence-corrected chi connectivity index (χ3v) is 1.81. The van der Waals surface area contributed by atoms with Gasteiger partial charge in [-0.25, -0.2) is 0 Å². The Labute approximate surface area is 91.8 Å². The summed E-state index contributed by atoms with van der Waals surface area (Å²) in [5, 5.41) is 5.50. The Morgan fingerprint density at radius 2 is 1.60 bits per heavy atom. The predicted octanol–water partition coefficient (Wildman–Crippen LogP) is 1.06. The lowest BCUT2D eigenvalue weighted by molar-refractivity contribution is -0.130. The molecule has 0 aromatic rings. The van der Waals surface area contributed by atoms with E-state index in [0.29, 0.717) is 0 Å². The van der Waals surface area contributed by atoms with Crippen LogP contribution < -0.4 is 10.6 Å². The maximum absolute atomic E-state index is 11.8. The molecular formula is C11H22N2O2. The Morgan fingerprint density at radius 1 is 1.13 bits per heavy atom. The molecule has 0 rings (SSSR count). The van der Waals surface area contributed by atoms with Gasteiger partial charge in [0.15, 0.2) is 0 Å². The van der Waals surface area contributed by atoms with Crippen LogP contribution in [-0.4, -0.2) is 23.4 Å². The monoisotopic (exact) mass is 214 g/mol. The molecule has 0 aliphatic carbocycles. The number of carbonyl (C=O) groups excluding carboxylic acids is 2. The summed E-state index contributed by atoms with van der Waals surface area (Å²) in [6.07, 6.45) is 0. The molecule has 0 spiro atoms. The molecule has 0 saturated carbocycles. The molecule has 0 fully saturated rings. The number of carbonyl (C=O) groups is 2. The number of hydrogen-bond donors (Lipinski definition) is 2. The van der Waals surface area contributed by atoms with Gasteiger partial charge in [-0.15, -0.1) is 0 Å². The molecule has 0 aromatic heterocycles. The zero-order chi connectivity index (χ0) is 12.2. The van der Waals surface area contributed by atoms with Crippen molar-refractivity contribution in [1.29, 1.82) is 0 Å². The van der Waals surface area contributed by atoms with Crippen LogP contribution in [0.2, 0.25) is 0 Å². The molecule has 2 N–H and O–H groups in total. The van der Waals surface area contributed by atoms with Crippen LogP contribution in [0.25, 0.3) is 0 Å². The van der Waals surface area contributed by atoms with Crippen LogP contribution in [0.3, 0.4) is 0 Å². The summed E-state index contributed by atoms with van der Waals surface area (Å²) in [5.41, 5.74) is -0.275. The van der Waals surface area contributed by atoms with Crippen LogP contribution in [0.4, 0.5) is 0 Å². The molecule has 0 unspecified atom stereocenters. The maximum atomic E-state index is 11.8. The summed E-state index contributed by atoms with van der Waals surface area (Å²) >= 11 is 0. The topological polar surface area (TPSA) is 58.2 Å². The SMILES string of the molecule is CC(=O)N[C@H](C(=O)NC(C)(C)C)C(C)C. The van der Waals surface area contributed by atoms with E-state index >= 15 is 0 Å². The number of nitrogens with one attached hydrogen (secondary N) is 2. The van der Waals surface area contributed by atoms with Gasteiger partial charge in [-0.3, -0.25) is 9.59 Å². The molecule has 1 atom stereocenters. The van der Waals surface area contributed by atoms with E-state index in [1.807, 2.05) is 34.6 Å². The lowest BCUT2D eigenvalue weighted by atomic mass is 10.0. The molecule has 0 saturated heterocycles. The van der Waals surface area contributed by atoms with Gasteiger partial charge in [0.25, 0.3) is 0 Å². The van der Waals surface area contributed by atoms with E-state index in [2.05, 4.69) is 10.6 Å². The summed E-state index contributed by atoms with van der Waals surface area (Å²) in [4.78, 5) is 22.7. The third-order valence-electron chi connectivity index (χ3n) is 1.81. The van der Waals surface area contributed by atoms with E-state index < -0.39 is 6.04 Å². The minimum Gasteiger partial charge on any atom is -0.350 e. The lowest BCUT2D eigenvalue weighted by Gasteiger charge is -2.27. The average Bonchev–Trinajstić information content (AvgIpc) is 1.95. The van der Waals surface area contributed by atoms with Gasteiger partial charge in [0.2, 0.25) is 11.8 Å². The summed E-state index contributed by atoms with van der Waals surface area (Å²) in [6.45, 7) is 11.0. The number of amides is 2. The highest BCUT2D eigenvalue weighted by Crippen LogP contribution is 2.05. The van der Waals surface area contributed by atoms with Crippen molar-refractivity contribution < 1.29 is 9.59 Å². The molecule has 0 bridgehead atoms. The fraction of sp³-hybridized carbons (Fsp3) is 0.818. The smallest absolute Gasteiger partial charge is 0.243 e. The van der Waals surface area contributed by atoms with Crippen LogP contribution >= 0.6 is 0 Å². The molecule has 4 nitrogen and oxygen atoms in total. The van der Waals surface area contributed by atoms with E-state index in [-0.39, 0.29) is 23.3 Å². The Bertz CT molecular complexity index is 241. The average molecular weight is 214 g/mol. The molecular weight excluding hydrogens is 192 g/mol. The first-order valence-corrected chi connectivity index (χ1v) is 5.22. The second-order valence-electron chi connectivity index (χ2n) is 5.16. The standard InChI is InChI=1S/C11H22N2O2/c1-7(2)9(12-8(3)14)10(15)13-11(4,5)6/h7,9H,1-6H3,(H,12,14)(H,13,15)/t9-/m0/s1. The highest BCUT2D eigenvalue weighted by molar-refractivity contribution is 5.87. The second kappa shape index (κ2) is 5.14.